The molecule has 0 unspecified atom stereocenters. The lowest BCUT2D eigenvalue weighted by Crippen LogP contribution is -2.53. The summed E-state index contributed by atoms with van der Waals surface area (Å²) in [4.78, 5) is 13.1. The topological polar surface area (TPSA) is 52.6 Å². The van der Waals surface area contributed by atoms with Gasteiger partial charge < -0.3 is 10.0 Å². The SMILES string of the molecule is CN[C@H](SCC1(N(C)C)CCC1)C(=O)O. The van der Waals surface area contributed by atoms with Gasteiger partial charge in [0.25, 0.3) is 0 Å². The van der Waals surface area contributed by atoms with E-state index in [-0.39, 0.29) is 5.54 Å². The number of carboxylic acids is 1. The largest absolute Gasteiger partial charge is 0.479 e. The van der Waals surface area contributed by atoms with Crippen LogP contribution in [0.3, 0.4) is 0 Å². The van der Waals surface area contributed by atoms with Gasteiger partial charge in [-0.25, -0.2) is 4.79 Å². The van der Waals surface area contributed by atoms with Crippen LogP contribution in [0.15, 0.2) is 0 Å². The zero-order valence-corrected chi connectivity index (χ0v) is 10.4. The molecule has 4 nitrogen and oxygen atoms in total. The van der Waals surface area contributed by atoms with Crippen molar-refractivity contribution in [2.24, 2.45) is 0 Å². The number of carboxylic acid groups (broad SMARTS) is 1. The number of aliphatic carboxylic acids is 1. The van der Waals surface area contributed by atoms with E-state index < -0.39 is 11.3 Å². The normalized spacial score (nSPS) is 21.1. The highest BCUT2D eigenvalue weighted by Crippen LogP contribution is 2.39. The Labute approximate surface area is 95.4 Å². The van der Waals surface area contributed by atoms with E-state index in [4.69, 9.17) is 5.11 Å². The Kier molecular flexibility index (Phi) is 4.43. The van der Waals surface area contributed by atoms with Crippen molar-refractivity contribution < 1.29 is 9.90 Å². The number of thioether (sulfide) groups is 1. The van der Waals surface area contributed by atoms with Gasteiger partial charge in [0.2, 0.25) is 0 Å². The summed E-state index contributed by atoms with van der Waals surface area (Å²) >= 11 is 1.49. The maximum absolute atomic E-state index is 10.8. The van der Waals surface area contributed by atoms with Crippen LogP contribution in [0, 0.1) is 0 Å². The molecule has 0 spiro atoms. The summed E-state index contributed by atoms with van der Waals surface area (Å²) < 4.78 is 0. The van der Waals surface area contributed by atoms with Crippen LogP contribution in [0.5, 0.6) is 0 Å². The van der Waals surface area contributed by atoms with Crippen LogP contribution in [0.1, 0.15) is 19.3 Å². The average Bonchev–Trinajstić information content (AvgIpc) is 2.08. The molecule has 0 aromatic heterocycles. The first-order valence-corrected chi connectivity index (χ1v) is 6.26. The van der Waals surface area contributed by atoms with Gasteiger partial charge in [-0.05, 0) is 40.4 Å². The van der Waals surface area contributed by atoms with Crippen molar-refractivity contribution in [2.75, 3.05) is 26.9 Å². The Morgan fingerprint density at radius 3 is 2.47 bits per heavy atom. The highest BCUT2D eigenvalue weighted by molar-refractivity contribution is 8.00. The number of nitrogens with one attached hydrogen (secondary N) is 1. The molecule has 0 aliphatic heterocycles. The smallest absolute Gasteiger partial charge is 0.331 e. The highest BCUT2D eigenvalue weighted by Gasteiger charge is 2.39. The van der Waals surface area contributed by atoms with Gasteiger partial charge in [0.1, 0.15) is 0 Å². The van der Waals surface area contributed by atoms with E-state index in [2.05, 4.69) is 24.3 Å². The lowest BCUT2D eigenvalue weighted by molar-refractivity contribution is -0.136. The number of carbonyl (C=O) groups is 1. The molecule has 15 heavy (non-hydrogen) atoms. The van der Waals surface area contributed by atoms with Crippen LogP contribution in [0.4, 0.5) is 0 Å². The van der Waals surface area contributed by atoms with E-state index in [9.17, 15) is 4.79 Å². The Balaban J connectivity index is 2.43. The Morgan fingerprint density at radius 2 is 2.20 bits per heavy atom. The number of rotatable bonds is 6. The van der Waals surface area contributed by atoms with Crippen molar-refractivity contribution in [3.05, 3.63) is 0 Å². The van der Waals surface area contributed by atoms with Gasteiger partial charge in [-0.1, -0.05) is 0 Å². The van der Waals surface area contributed by atoms with Gasteiger partial charge >= 0.3 is 5.97 Å². The molecule has 88 valence electrons. The molecule has 2 N–H and O–H groups in total. The van der Waals surface area contributed by atoms with Gasteiger partial charge in [0.05, 0.1) is 0 Å². The Hall–Kier alpha value is -0.260. The quantitative estimate of drug-likeness (QED) is 0.665. The number of hydrogen-bond donors (Lipinski definition) is 2. The molecule has 0 amide bonds. The molecule has 1 rings (SSSR count). The molecule has 0 aromatic rings. The Morgan fingerprint density at radius 1 is 1.60 bits per heavy atom. The summed E-state index contributed by atoms with van der Waals surface area (Å²) in [5, 5.41) is 11.2. The maximum Gasteiger partial charge on any atom is 0.331 e. The molecule has 1 aliphatic carbocycles. The van der Waals surface area contributed by atoms with Gasteiger partial charge in [0.15, 0.2) is 5.37 Å². The first kappa shape index (κ1) is 12.8. The van der Waals surface area contributed by atoms with E-state index in [0.29, 0.717) is 0 Å². The van der Waals surface area contributed by atoms with E-state index >= 15 is 0 Å². The molecule has 1 aliphatic rings. The predicted octanol–water partition coefficient (Wildman–Crippen LogP) is 0.834. The van der Waals surface area contributed by atoms with Crippen LogP contribution in [-0.4, -0.2) is 53.8 Å². The third-order valence-corrected chi connectivity index (χ3v) is 4.71. The minimum absolute atomic E-state index is 0.231. The summed E-state index contributed by atoms with van der Waals surface area (Å²) in [5.41, 5.74) is 0.231. The first-order chi connectivity index (χ1) is 7.02. The fourth-order valence-corrected chi connectivity index (χ4v) is 3.16. The second-order valence-electron chi connectivity index (χ2n) is 4.29. The third kappa shape index (κ3) is 2.86. The fraction of sp³-hybridized carbons (Fsp3) is 0.900. The number of nitrogens with zero attached hydrogens (tertiary/aromatic N) is 1. The van der Waals surface area contributed by atoms with E-state index in [0.717, 1.165) is 5.75 Å². The van der Waals surface area contributed by atoms with Crippen molar-refractivity contribution in [3.63, 3.8) is 0 Å². The Bertz CT molecular complexity index is 229. The average molecular weight is 232 g/mol. The molecule has 0 saturated heterocycles. The summed E-state index contributed by atoms with van der Waals surface area (Å²) in [6.07, 6.45) is 3.63. The van der Waals surface area contributed by atoms with Crippen LogP contribution in [0.25, 0.3) is 0 Å². The van der Waals surface area contributed by atoms with E-state index in [1.165, 1.54) is 31.0 Å². The lowest BCUT2D eigenvalue weighted by Gasteiger charge is -2.47. The number of hydrogen-bond acceptors (Lipinski definition) is 4. The second kappa shape index (κ2) is 5.18. The van der Waals surface area contributed by atoms with Crippen molar-refractivity contribution in [1.29, 1.82) is 0 Å². The zero-order valence-electron chi connectivity index (χ0n) is 9.62. The maximum atomic E-state index is 10.8. The molecule has 0 heterocycles. The van der Waals surface area contributed by atoms with Crippen molar-refractivity contribution in [1.82, 2.24) is 10.2 Å². The highest BCUT2D eigenvalue weighted by atomic mass is 32.2. The summed E-state index contributed by atoms with van der Waals surface area (Å²) in [6.45, 7) is 0. The molecular weight excluding hydrogens is 212 g/mol. The van der Waals surface area contributed by atoms with Gasteiger partial charge in [0, 0.05) is 11.3 Å². The van der Waals surface area contributed by atoms with Crippen molar-refractivity contribution in [3.8, 4) is 0 Å². The predicted molar refractivity (Wildman–Crippen MR) is 63.2 cm³/mol. The molecule has 0 aromatic carbocycles. The molecule has 1 atom stereocenters. The monoisotopic (exact) mass is 232 g/mol. The van der Waals surface area contributed by atoms with Crippen LogP contribution >= 0.6 is 11.8 Å². The minimum atomic E-state index is -0.782. The molecule has 1 saturated carbocycles. The van der Waals surface area contributed by atoms with Crippen molar-refractivity contribution in [2.45, 2.75) is 30.2 Å². The van der Waals surface area contributed by atoms with E-state index in [1.54, 1.807) is 7.05 Å². The molecule has 0 radical (unpaired) electrons. The standard InChI is InChI=1S/C10H20N2O2S/c1-11-8(9(13)14)15-7-10(12(2)3)5-4-6-10/h8,11H,4-7H2,1-3H3,(H,13,14)/t8-/m1/s1. The van der Waals surface area contributed by atoms with Crippen LogP contribution in [-0.2, 0) is 4.79 Å². The number of likely N-dealkylation sites (N-methyl/N-ethyl adjacent to an activating group) is 1. The fourth-order valence-electron chi connectivity index (χ4n) is 1.82. The zero-order chi connectivity index (χ0) is 11.5. The molecule has 0 bridgehead atoms. The van der Waals surface area contributed by atoms with Crippen LogP contribution in [0.2, 0.25) is 0 Å². The molecule has 1 fully saturated rings. The van der Waals surface area contributed by atoms with Gasteiger partial charge in [-0.3, -0.25) is 5.32 Å². The molecule has 5 heteroatoms. The lowest BCUT2D eigenvalue weighted by atomic mass is 9.77. The summed E-state index contributed by atoms with van der Waals surface area (Å²) in [7, 11) is 5.85. The van der Waals surface area contributed by atoms with Gasteiger partial charge in [-0.15, -0.1) is 11.8 Å². The van der Waals surface area contributed by atoms with Gasteiger partial charge in [-0.2, -0.15) is 0 Å². The molecular formula is C10H20N2O2S. The minimum Gasteiger partial charge on any atom is -0.479 e. The first-order valence-electron chi connectivity index (χ1n) is 5.21. The summed E-state index contributed by atoms with van der Waals surface area (Å²) in [5.74, 6) is 0.105. The van der Waals surface area contributed by atoms with E-state index in [1.807, 2.05) is 0 Å². The van der Waals surface area contributed by atoms with Crippen LogP contribution < -0.4 is 5.32 Å². The van der Waals surface area contributed by atoms with Crippen molar-refractivity contribution >= 4 is 17.7 Å². The summed E-state index contributed by atoms with van der Waals surface area (Å²) in [6, 6.07) is 0. The second-order valence-corrected chi connectivity index (χ2v) is 5.38. The third-order valence-electron chi connectivity index (χ3n) is 3.24.